The van der Waals surface area contributed by atoms with E-state index in [9.17, 15) is 5.11 Å². The number of hydrogen-bond acceptors (Lipinski definition) is 3. The van der Waals surface area contributed by atoms with E-state index >= 15 is 0 Å². The average molecular weight is 373 g/mol. The number of hydrogen-bond donors (Lipinski definition) is 1. The summed E-state index contributed by atoms with van der Waals surface area (Å²) in [5.74, 6) is 1.32. The van der Waals surface area contributed by atoms with E-state index in [0.29, 0.717) is 11.8 Å². The fourth-order valence-corrected chi connectivity index (χ4v) is 5.53. The van der Waals surface area contributed by atoms with Crippen LogP contribution in [0.15, 0.2) is 24.3 Å². The van der Waals surface area contributed by atoms with E-state index in [-0.39, 0.29) is 5.54 Å². The monoisotopic (exact) mass is 372 g/mol. The van der Waals surface area contributed by atoms with Gasteiger partial charge >= 0.3 is 0 Å². The summed E-state index contributed by atoms with van der Waals surface area (Å²) in [6.07, 6.45) is 13.3. The first kappa shape index (κ1) is 20.7. The summed E-state index contributed by atoms with van der Waals surface area (Å²) in [5, 5.41) is 10.1. The lowest BCUT2D eigenvalue weighted by molar-refractivity contribution is 0.0357. The molecule has 0 spiro atoms. The fraction of sp³-hybridized carbons (Fsp3) is 0.750. The molecule has 3 heteroatoms. The number of phenolic OH excluding ortho intramolecular Hbond substituents is 1. The second-order valence-electron chi connectivity index (χ2n) is 9.10. The number of rotatable bonds is 7. The molecule has 27 heavy (non-hydrogen) atoms. The van der Waals surface area contributed by atoms with E-state index in [2.05, 4.69) is 36.9 Å². The molecule has 0 saturated heterocycles. The molecule has 0 unspecified atom stereocenters. The zero-order chi connectivity index (χ0) is 19.3. The quantitative estimate of drug-likeness (QED) is 0.696. The average Bonchev–Trinajstić information content (AvgIpc) is 2.72. The summed E-state index contributed by atoms with van der Waals surface area (Å²) >= 11 is 0. The molecule has 1 N–H and O–H groups in total. The van der Waals surface area contributed by atoms with Crippen LogP contribution in [-0.2, 0) is 5.54 Å². The molecule has 0 atom stereocenters. The summed E-state index contributed by atoms with van der Waals surface area (Å²) in [6.45, 7) is 4.56. The Kier molecular flexibility index (Phi) is 7.22. The molecule has 2 fully saturated rings. The van der Waals surface area contributed by atoms with Gasteiger partial charge in [-0.05, 0) is 82.9 Å². The molecule has 0 bridgehead atoms. The third-order valence-electron chi connectivity index (χ3n) is 7.62. The molecule has 1 aromatic carbocycles. The lowest BCUT2D eigenvalue weighted by Gasteiger charge is -2.49. The Labute approximate surface area is 166 Å². The van der Waals surface area contributed by atoms with Crippen molar-refractivity contribution >= 4 is 0 Å². The highest BCUT2D eigenvalue weighted by atomic mass is 16.3. The Morgan fingerprint density at radius 3 is 2.37 bits per heavy atom. The molecule has 2 saturated carbocycles. The normalized spacial score (nSPS) is 27.4. The Morgan fingerprint density at radius 2 is 1.74 bits per heavy atom. The maximum atomic E-state index is 10.1. The summed E-state index contributed by atoms with van der Waals surface area (Å²) < 4.78 is 0. The minimum Gasteiger partial charge on any atom is -0.508 e. The molecule has 3 nitrogen and oxygen atoms in total. The predicted molar refractivity (Wildman–Crippen MR) is 114 cm³/mol. The van der Waals surface area contributed by atoms with E-state index in [0.717, 1.165) is 12.5 Å². The van der Waals surface area contributed by atoms with Crippen LogP contribution < -0.4 is 0 Å². The largest absolute Gasteiger partial charge is 0.508 e. The number of nitrogens with zero attached hydrogens (tertiary/aromatic N) is 2. The van der Waals surface area contributed by atoms with Gasteiger partial charge in [0.1, 0.15) is 5.75 Å². The van der Waals surface area contributed by atoms with Crippen molar-refractivity contribution in [1.82, 2.24) is 9.80 Å². The van der Waals surface area contributed by atoms with Crippen molar-refractivity contribution in [3.05, 3.63) is 29.8 Å². The van der Waals surface area contributed by atoms with Gasteiger partial charge in [0.25, 0.3) is 0 Å². The number of aromatic hydroxyl groups is 1. The zero-order valence-electron chi connectivity index (χ0n) is 17.8. The van der Waals surface area contributed by atoms with E-state index in [1.165, 1.54) is 76.3 Å². The first-order valence-corrected chi connectivity index (χ1v) is 11.3. The van der Waals surface area contributed by atoms with Gasteiger partial charge in [-0.1, -0.05) is 51.2 Å². The smallest absolute Gasteiger partial charge is 0.115 e. The van der Waals surface area contributed by atoms with E-state index < -0.39 is 0 Å². The van der Waals surface area contributed by atoms with Gasteiger partial charge < -0.3 is 10.0 Å². The summed E-state index contributed by atoms with van der Waals surface area (Å²) in [7, 11) is 4.59. The fourth-order valence-electron chi connectivity index (χ4n) is 5.53. The van der Waals surface area contributed by atoms with Crippen molar-refractivity contribution < 1.29 is 5.11 Å². The van der Waals surface area contributed by atoms with Crippen molar-refractivity contribution in [3.8, 4) is 5.75 Å². The molecule has 3 rings (SSSR count). The second-order valence-corrected chi connectivity index (χ2v) is 9.10. The standard InChI is InChI=1S/C24H40N2O/c1-4-25(2)22-13-16-24(17-14-22,21-11-8-12-23(27)19-21)26(3)18-15-20-9-6-5-7-10-20/h8,11-12,19-20,22,27H,4-7,9-10,13-18H2,1-3H3. The molecule has 2 aliphatic rings. The summed E-state index contributed by atoms with van der Waals surface area (Å²) in [6, 6.07) is 8.77. The highest BCUT2D eigenvalue weighted by Gasteiger charge is 2.41. The maximum Gasteiger partial charge on any atom is 0.115 e. The van der Waals surface area contributed by atoms with Crippen molar-refractivity contribution in [3.63, 3.8) is 0 Å². The first-order chi connectivity index (χ1) is 13.0. The van der Waals surface area contributed by atoms with E-state index in [4.69, 9.17) is 0 Å². The van der Waals surface area contributed by atoms with Crippen LogP contribution in [0.1, 0.15) is 76.7 Å². The molecular formula is C24H40N2O. The van der Waals surface area contributed by atoms with Crippen LogP contribution >= 0.6 is 0 Å². The maximum absolute atomic E-state index is 10.1. The van der Waals surface area contributed by atoms with Crippen molar-refractivity contribution in [2.24, 2.45) is 5.92 Å². The van der Waals surface area contributed by atoms with Crippen LogP contribution in [0.2, 0.25) is 0 Å². The van der Waals surface area contributed by atoms with Gasteiger partial charge in [-0.2, -0.15) is 0 Å². The Hall–Kier alpha value is -1.06. The van der Waals surface area contributed by atoms with Crippen molar-refractivity contribution in [2.45, 2.75) is 82.7 Å². The van der Waals surface area contributed by atoms with Gasteiger partial charge in [0.05, 0.1) is 0 Å². The Balaban J connectivity index is 1.73. The topological polar surface area (TPSA) is 26.7 Å². The van der Waals surface area contributed by atoms with Crippen LogP contribution in [0.5, 0.6) is 5.75 Å². The first-order valence-electron chi connectivity index (χ1n) is 11.3. The minimum atomic E-state index is 0.0818. The van der Waals surface area contributed by atoms with Gasteiger partial charge in [-0.25, -0.2) is 0 Å². The van der Waals surface area contributed by atoms with Crippen LogP contribution in [0.3, 0.4) is 0 Å². The van der Waals surface area contributed by atoms with Crippen molar-refractivity contribution in [1.29, 1.82) is 0 Å². The van der Waals surface area contributed by atoms with E-state index in [1.807, 2.05) is 12.1 Å². The molecule has 0 aliphatic heterocycles. The van der Waals surface area contributed by atoms with Gasteiger partial charge in [0.2, 0.25) is 0 Å². The zero-order valence-corrected chi connectivity index (χ0v) is 17.8. The number of benzene rings is 1. The van der Waals surface area contributed by atoms with Crippen LogP contribution in [-0.4, -0.2) is 48.1 Å². The van der Waals surface area contributed by atoms with Gasteiger partial charge in [-0.3, -0.25) is 4.90 Å². The molecule has 0 radical (unpaired) electrons. The van der Waals surface area contributed by atoms with Gasteiger partial charge in [-0.15, -0.1) is 0 Å². The van der Waals surface area contributed by atoms with Crippen LogP contribution in [0.25, 0.3) is 0 Å². The van der Waals surface area contributed by atoms with E-state index in [1.54, 1.807) is 6.07 Å². The summed E-state index contributed by atoms with van der Waals surface area (Å²) in [5.41, 5.74) is 1.39. The lowest BCUT2D eigenvalue weighted by Crippen LogP contribution is -2.50. The van der Waals surface area contributed by atoms with Crippen molar-refractivity contribution in [2.75, 3.05) is 27.2 Å². The highest BCUT2D eigenvalue weighted by Crippen LogP contribution is 2.44. The third kappa shape index (κ3) is 4.86. The predicted octanol–water partition coefficient (Wildman–Crippen LogP) is 5.38. The second kappa shape index (κ2) is 9.43. The highest BCUT2D eigenvalue weighted by molar-refractivity contribution is 5.33. The Bertz CT molecular complexity index is 573. The minimum absolute atomic E-state index is 0.0818. The Morgan fingerprint density at radius 1 is 1.04 bits per heavy atom. The molecule has 1 aromatic rings. The molecule has 2 aliphatic carbocycles. The van der Waals surface area contributed by atoms with Gasteiger partial charge in [0.15, 0.2) is 0 Å². The van der Waals surface area contributed by atoms with Crippen LogP contribution in [0, 0.1) is 5.92 Å². The molecule has 0 amide bonds. The molecule has 0 aromatic heterocycles. The molecule has 152 valence electrons. The van der Waals surface area contributed by atoms with Crippen LogP contribution in [0.4, 0.5) is 0 Å². The summed E-state index contributed by atoms with van der Waals surface area (Å²) in [4.78, 5) is 5.15. The molecular weight excluding hydrogens is 332 g/mol. The SMILES string of the molecule is CCN(C)C1CCC(c2cccc(O)c2)(N(C)CCC2CCCCC2)CC1. The lowest BCUT2D eigenvalue weighted by atomic mass is 9.73. The number of phenols is 1. The third-order valence-corrected chi connectivity index (χ3v) is 7.62. The molecule has 0 heterocycles. The van der Waals surface area contributed by atoms with Gasteiger partial charge in [0, 0.05) is 11.6 Å².